The molecule has 1 saturated carbocycles. The molecule has 1 aromatic carbocycles. The first-order valence-corrected chi connectivity index (χ1v) is 7.45. The van der Waals surface area contributed by atoms with Gasteiger partial charge in [0.05, 0.1) is 0 Å². The number of hydrogen-bond acceptors (Lipinski definition) is 1. The second kappa shape index (κ2) is 6.14. The molecule has 0 aliphatic heterocycles. The maximum absolute atomic E-state index is 13.0. The van der Waals surface area contributed by atoms with E-state index in [1.807, 2.05) is 6.07 Å². The van der Waals surface area contributed by atoms with Crippen molar-refractivity contribution in [2.24, 2.45) is 11.7 Å². The summed E-state index contributed by atoms with van der Waals surface area (Å²) >= 11 is 2.18. The first-order valence-electron chi connectivity index (χ1n) is 6.37. The Morgan fingerprint density at radius 1 is 1.29 bits per heavy atom. The normalized spacial score (nSPS) is 19.2. The Hall–Kier alpha value is -0.160. The van der Waals surface area contributed by atoms with Crippen molar-refractivity contribution < 1.29 is 4.39 Å². The fourth-order valence-corrected chi connectivity index (χ4v) is 3.59. The number of hydrogen-bond donors (Lipinski definition) is 1. The van der Waals surface area contributed by atoms with Crippen LogP contribution in [0.25, 0.3) is 0 Å². The van der Waals surface area contributed by atoms with Crippen LogP contribution in [0.4, 0.5) is 4.39 Å². The Morgan fingerprint density at radius 2 is 2.00 bits per heavy atom. The lowest BCUT2D eigenvalue weighted by atomic mass is 9.83. The molecule has 1 atom stereocenters. The molecule has 2 N–H and O–H groups in total. The predicted octanol–water partition coefficient (Wildman–Crippen LogP) is 4.40. The van der Waals surface area contributed by atoms with Gasteiger partial charge in [0.2, 0.25) is 0 Å². The van der Waals surface area contributed by atoms with Crippen molar-refractivity contribution in [1.29, 1.82) is 0 Å². The summed E-state index contributed by atoms with van der Waals surface area (Å²) in [5, 5.41) is 0. The average molecular weight is 347 g/mol. The van der Waals surface area contributed by atoms with Crippen LogP contribution in [-0.2, 0) is 0 Å². The monoisotopic (exact) mass is 347 g/mol. The number of benzene rings is 1. The van der Waals surface area contributed by atoms with Crippen molar-refractivity contribution in [2.45, 2.75) is 44.6 Å². The first kappa shape index (κ1) is 13.3. The first-order chi connectivity index (χ1) is 8.16. The van der Waals surface area contributed by atoms with E-state index in [1.165, 1.54) is 38.2 Å². The molecule has 17 heavy (non-hydrogen) atoms. The maximum atomic E-state index is 13.0. The zero-order valence-corrected chi connectivity index (χ0v) is 12.1. The van der Waals surface area contributed by atoms with Gasteiger partial charge in [0, 0.05) is 9.61 Å². The molecule has 0 amide bonds. The second-order valence-electron chi connectivity index (χ2n) is 5.01. The Balaban J connectivity index is 2.00. The Bertz CT molecular complexity index is 374. The molecule has 1 unspecified atom stereocenters. The van der Waals surface area contributed by atoms with Crippen LogP contribution in [-0.4, -0.2) is 0 Å². The number of halogens is 2. The standard InChI is InChI=1S/C14H19FIN/c15-11-6-7-12(13(16)9-11)14(17)8-10-4-2-1-3-5-10/h6-7,9-10,14H,1-5,8,17H2. The van der Waals surface area contributed by atoms with Crippen LogP contribution in [0.3, 0.4) is 0 Å². The highest BCUT2D eigenvalue weighted by Gasteiger charge is 2.19. The molecule has 0 heterocycles. The lowest BCUT2D eigenvalue weighted by molar-refractivity contribution is 0.319. The summed E-state index contributed by atoms with van der Waals surface area (Å²) < 4.78 is 14.0. The lowest BCUT2D eigenvalue weighted by Crippen LogP contribution is -2.18. The van der Waals surface area contributed by atoms with Gasteiger partial charge in [-0.05, 0) is 52.6 Å². The molecule has 0 saturated heterocycles. The van der Waals surface area contributed by atoms with Gasteiger partial charge in [-0.15, -0.1) is 0 Å². The van der Waals surface area contributed by atoms with Crippen LogP contribution >= 0.6 is 22.6 Å². The van der Waals surface area contributed by atoms with Crippen LogP contribution < -0.4 is 5.73 Å². The summed E-state index contributed by atoms with van der Waals surface area (Å²) in [7, 11) is 0. The average Bonchev–Trinajstić information content (AvgIpc) is 2.30. The topological polar surface area (TPSA) is 26.0 Å². The third-order valence-corrected chi connectivity index (χ3v) is 4.61. The maximum Gasteiger partial charge on any atom is 0.124 e. The minimum atomic E-state index is -0.178. The third kappa shape index (κ3) is 3.65. The fraction of sp³-hybridized carbons (Fsp3) is 0.571. The van der Waals surface area contributed by atoms with Crippen LogP contribution in [0, 0.1) is 15.3 Å². The van der Waals surface area contributed by atoms with E-state index in [4.69, 9.17) is 5.73 Å². The lowest BCUT2D eigenvalue weighted by Gasteiger charge is -2.25. The molecule has 94 valence electrons. The van der Waals surface area contributed by atoms with Crippen molar-refractivity contribution >= 4 is 22.6 Å². The largest absolute Gasteiger partial charge is 0.324 e. The minimum absolute atomic E-state index is 0.0607. The minimum Gasteiger partial charge on any atom is -0.324 e. The Kier molecular flexibility index (Phi) is 4.79. The van der Waals surface area contributed by atoms with E-state index in [-0.39, 0.29) is 11.9 Å². The summed E-state index contributed by atoms with van der Waals surface area (Å²) in [6, 6.07) is 4.98. The second-order valence-corrected chi connectivity index (χ2v) is 6.17. The number of rotatable bonds is 3. The van der Waals surface area contributed by atoms with Gasteiger partial charge in [-0.25, -0.2) is 4.39 Å². The highest BCUT2D eigenvalue weighted by molar-refractivity contribution is 14.1. The molecule has 1 nitrogen and oxygen atoms in total. The summed E-state index contributed by atoms with van der Waals surface area (Å²) in [4.78, 5) is 0. The predicted molar refractivity (Wildman–Crippen MR) is 77.2 cm³/mol. The molecule has 2 rings (SSSR count). The van der Waals surface area contributed by atoms with Gasteiger partial charge in [-0.2, -0.15) is 0 Å². The van der Waals surface area contributed by atoms with Gasteiger partial charge < -0.3 is 5.73 Å². The molecule has 1 aliphatic rings. The highest BCUT2D eigenvalue weighted by Crippen LogP contribution is 2.32. The van der Waals surface area contributed by atoms with E-state index >= 15 is 0 Å². The van der Waals surface area contributed by atoms with Crippen molar-refractivity contribution in [3.8, 4) is 0 Å². The molecular weight excluding hydrogens is 328 g/mol. The molecule has 0 radical (unpaired) electrons. The van der Waals surface area contributed by atoms with E-state index in [0.29, 0.717) is 0 Å². The van der Waals surface area contributed by atoms with Crippen LogP contribution in [0.15, 0.2) is 18.2 Å². The van der Waals surface area contributed by atoms with Crippen molar-refractivity contribution in [2.75, 3.05) is 0 Å². The zero-order chi connectivity index (χ0) is 12.3. The van der Waals surface area contributed by atoms with Gasteiger partial charge in [0.15, 0.2) is 0 Å². The molecular formula is C14H19FIN. The SMILES string of the molecule is NC(CC1CCCCC1)c1ccc(F)cc1I. The molecule has 0 spiro atoms. The van der Waals surface area contributed by atoms with Gasteiger partial charge in [0.25, 0.3) is 0 Å². The van der Waals surface area contributed by atoms with E-state index < -0.39 is 0 Å². The van der Waals surface area contributed by atoms with Gasteiger partial charge in [0.1, 0.15) is 5.82 Å². The summed E-state index contributed by atoms with van der Waals surface area (Å²) in [5.74, 6) is 0.586. The number of nitrogens with two attached hydrogens (primary N) is 1. The van der Waals surface area contributed by atoms with Crippen LogP contribution in [0.2, 0.25) is 0 Å². The Morgan fingerprint density at radius 3 is 2.65 bits per heavy atom. The van der Waals surface area contributed by atoms with Crippen LogP contribution in [0.5, 0.6) is 0 Å². The molecule has 0 aromatic heterocycles. The van der Waals surface area contributed by atoms with Crippen molar-refractivity contribution in [3.05, 3.63) is 33.1 Å². The van der Waals surface area contributed by atoms with E-state index in [0.717, 1.165) is 21.5 Å². The highest BCUT2D eigenvalue weighted by atomic mass is 127. The van der Waals surface area contributed by atoms with Crippen LogP contribution in [0.1, 0.15) is 50.1 Å². The van der Waals surface area contributed by atoms with Crippen molar-refractivity contribution in [1.82, 2.24) is 0 Å². The molecule has 1 aliphatic carbocycles. The molecule has 3 heteroatoms. The summed E-state index contributed by atoms with van der Waals surface area (Å²) in [6.07, 6.45) is 7.73. The smallest absolute Gasteiger partial charge is 0.124 e. The molecule has 1 aromatic rings. The van der Waals surface area contributed by atoms with Gasteiger partial charge >= 0.3 is 0 Å². The molecule has 1 fully saturated rings. The zero-order valence-electron chi connectivity index (χ0n) is 9.96. The summed E-state index contributed by atoms with van der Waals surface area (Å²) in [5.41, 5.74) is 7.34. The van der Waals surface area contributed by atoms with Crippen molar-refractivity contribution in [3.63, 3.8) is 0 Å². The van der Waals surface area contributed by atoms with Gasteiger partial charge in [-0.3, -0.25) is 0 Å². The van der Waals surface area contributed by atoms with E-state index in [1.54, 1.807) is 6.07 Å². The Labute approximate surface area is 116 Å². The fourth-order valence-electron chi connectivity index (χ4n) is 2.71. The quantitative estimate of drug-likeness (QED) is 0.806. The van der Waals surface area contributed by atoms with E-state index in [2.05, 4.69) is 22.6 Å². The third-order valence-electron chi connectivity index (χ3n) is 3.67. The van der Waals surface area contributed by atoms with E-state index in [9.17, 15) is 4.39 Å². The van der Waals surface area contributed by atoms with Gasteiger partial charge in [-0.1, -0.05) is 38.2 Å². The molecule has 0 bridgehead atoms. The summed E-state index contributed by atoms with van der Waals surface area (Å²) in [6.45, 7) is 0.